The molecular formula is C19H28N2O. The molecule has 0 unspecified atom stereocenters. The number of aryl methyl sites for hydroxylation is 1. The van der Waals surface area contributed by atoms with Crippen LogP contribution in [-0.2, 0) is 11.3 Å². The van der Waals surface area contributed by atoms with Crippen LogP contribution in [0.4, 0.5) is 0 Å². The lowest BCUT2D eigenvalue weighted by Crippen LogP contribution is -2.43. The predicted molar refractivity (Wildman–Crippen MR) is 89.6 cm³/mol. The van der Waals surface area contributed by atoms with E-state index in [4.69, 9.17) is 0 Å². The van der Waals surface area contributed by atoms with Gasteiger partial charge in [-0.2, -0.15) is 0 Å². The Labute approximate surface area is 134 Å². The highest BCUT2D eigenvalue weighted by atomic mass is 16.2. The van der Waals surface area contributed by atoms with Crippen molar-refractivity contribution >= 4 is 5.91 Å². The average molecular weight is 300 g/mol. The number of benzene rings is 1. The van der Waals surface area contributed by atoms with Gasteiger partial charge in [0, 0.05) is 12.6 Å². The first-order valence-corrected chi connectivity index (χ1v) is 8.69. The van der Waals surface area contributed by atoms with Gasteiger partial charge in [-0.1, -0.05) is 36.8 Å². The molecule has 120 valence electrons. The molecule has 3 heteroatoms. The average Bonchev–Trinajstić information content (AvgIpc) is 3.32. The van der Waals surface area contributed by atoms with Gasteiger partial charge in [-0.25, -0.2) is 0 Å². The van der Waals surface area contributed by atoms with Gasteiger partial charge in [-0.15, -0.1) is 0 Å². The first kappa shape index (κ1) is 15.5. The monoisotopic (exact) mass is 300 g/mol. The molecule has 3 nitrogen and oxygen atoms in total. The second-order valence-corrected chi connectivity index (χ2v) is 7.20. The highest BCUT2D eigenvalue weighted by molar-refractivity contribution is 5.79. The lowest BCUT2D eigenvalue weighted by atomic mass is 9.99. The van der Waals surface area contributed by atoms with Crippen LogP contribution in [0.3, 0.4) is 0 Å². The van der Waals surface area contributed by atoms with Crippen molar-refractivity contribution in [2.45, 2.75) is 52.1 Å². The Morgan fingerprint density at radius 3 is 2.59 bits per heavy atom. The molecule has 1 aromatic carbocycles. The minimum Gasteiger partial charge on any atom is -0.334 e. The maximum atomic E-state index is 12.7. The van der Waals surface area contributed by atoms with Crippen molar-refractivity contribution in [3.05, 3.63) is 35.4 Å². The van der Waals surface area contributed by atoms with Crippen LogP contribution in [0.15, 0.2) is 24.3 Å². The molecule has 0 atom stereocenters. The molecule has 1 aromatic rings. The molecule has 0 bridgehead atoms. The summed E-state index contributed by atoms with van der Waals surface area (Å²) in [5, 5.41) is 0. The summed E-state index contributed by atoms with van der Waals surface area (Å²) < 4.78 is 0. The highest BCUT2D eigenvalue weighted by Crippen LogP contribution is 2.29. The number of carbonyl (C=O) groups is 1. The summed E-state index contributed by atoms with van der Waals surface area (Å²) in [4.78, 5) is 17.2. The number of hydrogen-bond donors (Lipinski definition) is 0. The van der Waals surface area contributed by atoms with Crippen LogP contribution in [0.5, 0.6) is 0 Å². The van der Waals surface area contributed by atoms with Gasteiger partial charge in [0.2, 0.25) is 5.91 Å². The summed E-state index contributed by atoms with van der Waals surface area (Å²) in [5.41, 5.74) is 2.53. The molecule has 0 N–H and O–H groups in total. The number of likely N-dealkylation sites (tertiary alicyclic amines) is 1. The Morgan fingerprint density at radius 2 is 1.95 bits per heavy atom. The summed E-state index contributed by atoms with van der Waals surface area (Å²) >= 11 is 0. The number of carbonyl (C=O) groups excluding carboxylic acids is 1. The number of nitrogens with zero attached hydrogens (tertiary/aromatic N) is 2. The van der Waals surface area contributed by atoms with Crippen LogP contribution in [0.2, 0.25) is 0 Å². The molecule has 22 heavy (non-hydrogen) atoms. The van der Waals surface area contributed by atoms with Crippen LogP contribution < -0.4 is 0 Å². The van der Waals surface area contributed by atoms with E-state index in [9.17, 15) is 4.79 Å². The number of piperidine rings is 1. The maximum Gasteiger partial charge on any atom is 0.237 e. The van der Waals surface area contributed by atoms with E-state index < -0.39 is 0 Å². The van der Waals surface area contributed by atoms with E-state index in [0.717, 1.165) is 25.6 Å². The Bertz CT molecular complexity index is 516. The van der Waals surface area contributed by atoms with Gasteiger partial charge < -0.3 is 4.90 Å². The van der Waals surface area contributed by atoms with Crippen molar-refractivity contribution in [3.63, 3.8) is 0 Å². The zero-order chi connectivity index (χ0) is 15.5. The van der Waals surface area contributed by atoms with Gasteiger partial charge in [0.1, 0.15) is 0 Å². The Morgan fingerprint density at radius 1 is 1.23 bits per heavy atom. The SMILES string of the molecule is Cc1cccc(CN(C(=O)CN2CCC(C)CC2)C2CC2)c1. The Kier molecular flexibility index (Phi) is 4.82. The lowest BCUT2D eigenvalue weighted by molar-refractivity contribution is -0.134. The van der Waals surface area contributed by atoms with E-state index >= 15 is 0 Å². The molecule has 2 fully saturated rings. The maximum absolute atomic E-state index is 12.7. The quantitative estimate of drug-likeness (QED) is 0.833. The van der Waals surface area contributed by atoms with Gasteiger partial charge in [-0.3, -0.25) is 9.69 Å². The van der Waals surface area contributed by atoms with Crippen LogP contribution in [-0.4, -0.2) is 41.4 Å². The van der Waals surface area contributed by atoms with Crippen LogP contribution in [0.25, 0.3) is 0 Å². The summed E-state index contributed by atoms with van der Waals surface area (Å²) in [6.45, 7) is 7.96. The van der Waals surface area contributed by atoms with Gasteiger partial charge >= 0.3 is 0 Å². The van der Waals surface area contributed by atoms with Crippen molar-refractivity contribution in [2.75, 3.05) is 19.6 Å². The molecule has 2 aliphatic rings. The van der Waals surface area contributed by atoms with E-state index in [1.807, 2.05) is 0 Å². The summed E-state index contributed by atoms with van der Waals surface area (Å²) in [6, 6.07) is 9.02. The first-order valence-electron chi connectivity index (χ1n) is 8.69. The van der Waals surface area contributed by atoms with Crippen LogP contribution in [0, 0.1) is 12.8 Å². The molecule has 1 heterocycles. The van der Waals surface area contributed by atoms with Gasteiger partial charge in [0.15, 0.2) is 0 Å². The Balaban J connectivity index is 1.60. The van der Waals surface area contributed by atoms with Crippen LogP contribution in [0.1, 0.15) is 43.7 Å². The third kappa shape index (κ3) is 4.10. The standard InChI is InChI=1S/C19H28N2O/c1-15-8-10-20(11-9-15)14-19(22)21(18-6-7-18)13-17-5-3-4-16(2)12-17/h3-5,12,15,18H,6-11,13-14H2,1-2H3. The van der Waals surface area contributed by atoms with Crippen molar-refractivity contribution in [1.29, 1.82) is 0 Å². The summed E-state index contributed by atoms with van der Waals surface area (Å²) in [7, 11) is 0. The fourth-order valence-electron chi connectivity index (χ4n) is 3.32. The molecule has 1 aliphatic carbocycles. The van der Waals surface area contributed by atoms with Gasteiger partial charge in [0.25, 0.3) is 0 Å². The van der Waals surface area contributed by atoms with E-state index in [-0.39, 0.29) is 0 Å². The van der Waals surface area contributed by atoms with E-state index in [1.54, 1.807) is 0 Å². The lowest BCUT2D eigenvalue weighted by Gasteiger charge is -2.32. The molecule has 1 amide bonds. The molecule has 1 saturated carbocycles. The number of amides is 1. The van der Waals surface area contributed by atoms with Crippen molar-refractivity contribution < 1.29 is 4.79 Å². The van der Waals surface area contributed by atoms with Crippen molar-refractivity contribution in [3.8, 4) is 0 Å². The van der Waals surface area contributed by atoms with Crippen molar-refractivity contribution in [1.82, 2.24) is 9.80 Å². The van der Waals surface area contributed by atoms with E-state index in [0.29, 0.717) is 18.5 Å². The number of rotatable bonds is 5. The Hall–Kier alpha value is -1.35. The molecule has 0 radical (unpaired) electrons. The molecule has 1 aliphatic heterocycles. The molecule has 0 aromatic heterocycles. The summed E-state index contributed by atoms with van der Waals surface area (Å²) in [6.07, 6.45) is 4.81. The normalized spacial score (nSPS) is 20.1. The third-order valence-electron chi connectivity index (χ3n) is 4.98. The molecular weight excluding hydrogens is 272 g/mol. The molecule has 1 saturated heterocycles. The second-order valence-electron chi connectivity index (χ2n) is 7.20. The smallest absolute Gasteiger partial charge is 0.237 e. The fraction of sp³-hybridized carbons (Fsp3) is 0.632. The first-order chi connectivity index (χ1) is 10.6. The van der Waals surface area contributed by atoms with Crippen molar-refractivity contribution in [2.24, 2.45) is 5.92 Å². The summed E-state index contributed by atoms with van der Waals surface area (Å²) in [5.74, 6) is 1.14. The van der Waals surface area contributed by atoms with Crippen LogP contribution >= 0.6 is 0 Å². The topological polar surface area (TPSA) is 23.6 Å². The zero-order valence-corrected chi connectivity index (χ0v) is 13.9. The van der Waals surface area contributed by atoms with Gasteiger partial charge in [-0.05, 0) is 57.2 Å². The predicted octanol–water partition coefficient (Wildman–Crippen LogP) is 3.22. The van der Waals surface area contributed by atoms with E-state index in [1.165, 1.54) is 36.8 Å². The fourth-order valence-corrected chi connectivity index (χ4v) is 3.32. The molecule has 3 rings (SSSR count). The van der Waals surface area contributed by atoms with E-state index in [2.05, 4.69) is 47.9 Å². The largest absolute Gasteiger partial charge is 0.334 e. The number of hydrogen-bond acceptors (Lipinski definition) is 2. The molecule has 0 spiro atoms. The zero-order valence-electron chi connectivity index (χ0n) is 13.9. The second kappa shape index (κ2) is 6.82. The minimum absolute atomic E-state index is 0.318. The highest BCUT2D eigenvalue weighted by Gasteiger charge is 2.33. The van der Waals surface area contributed by atoms with Gasteiger partial charge in [0.05, 0.1) is 6.54 Å². The minimum atomic E-state index is 0.318. The third-order valence-corrected chi connectivity index (χ3v) is 4.98.